The van der Waals surface area contributed by atoms with E-state index < -0.39 is 10.0 Å². The van der Waals surface area contributed by atoms with Crippen LogP contribution in [0, 0.1) is 12.3 Å². The van der Waals surface area contributed by atoms with E-state index in [9.17, 15) is 13.5 Å². The predicted molar refractivity (Wildman–Crippen MR) is 71.0 cm³/mol. The van der Waals surface area contributed by atoms with Crippen LogP contribution >= 0.6 is 0 Å². The molecule has 1 saturated carbocycles. The highest BCUT2D eigenvalue weighted by atomic mass is 32.2. The number of H-pyrrole nitrogens is 1. The van der Waals surface area contributed by atoms with Crippen LogP contribution in [0.15, 0.2) is 5.03 Å². The molecule has 0 unspecified atom stereocenters. The SMILES string of the molecule is Cc1[nH]nc(S(=O)(=O)NCC2(C)CCCC2)c1CO. The minimum absolute atomic E-state index is 0.0395. The number of sulfonamides is 1. The van der Waals surface area contributed by atoms with Crippen molar-refractivity contribution in [1.82, 2.24) is 14.9 Å². The average Bonchev–Trinajstić information content (AvgIpc) is 2.94. The van der Waals surface area contributed by atoms with Crippen LogP contribution in [0.2, 0.25) is 0 Å². The lowest BCUT2D eigenvalue weighted by atomic mass is 9.89. The summed E-state index contributed by atoms with van der Waals surface area (Å²) in [7, 11) is -3.66. The normalized spacial score (nSPS) is 18.9. The molecule has 108 valence electrons. The van der Waals surface area contributed by atoms with Crippen LogP contribution in [0.4, 0.5) is 0 Å². The lowest BCUT2D eigenvalue weighted by molar-refractivity contribution is 0.277. The van der Waals surface area contributed by atoms with E-state index in [1.165, 1.54) is 0 Å². The number of hydrogen-bond donors (Lipinski definition) is 3. The van der Waals surface area contributed by atoms with Crippen molar-refractivity contribution in [3.63, 3.8) is 0 Å². The van der Waals surface area contributed by atoms with Gasteiger partial charge in [0.2, 0.25) is 0 Å². The molecule has 1 fully saturated rings. The molecule has 1 heterocycles. The van der Waals surface area contributed by atoms with E-state index in [1.807, 2.05) is 0 Å². The molecule has 0 bridgehead atoms. The summed E-state index contributed by atoms with van der Waals surface area (Å²) in [6.07, 6.45) is 4.40. The highest BCUT2D eigenvalue weighted by Gasteiger charge is 2.31. The standard InChI is InChI=1S/C12H21N3O3S/c1-9-10(7-16)11(15-14-9)19(17,18)13-8-12(2)5-3-4-6-12/h13,16H,3-8H2,1-2H3,(H,14,15). The van der Waals surface area contributed by atoms with Crippen LogP contribution in [0.5, 0.6) is 0 Å². The Labute approximate surface area is 113 Å². The number of nitrogens with one attached hydrogen (secondary N) is 2. The van der Waals surface area contributed by atoms with Crippen LogP contribution in [0.25, 0.3) is 0 Å². The molecule has 3 N–H and O–H groups in total. The van der Waals surface area contributed by atoms with Crippen LogP contribution in [-0.2, 0) is 16.6 Å². The van der Waals surface area contributed by atoms with Gasteiger partial charge in [0.1, 0.15) is 0 Å². The molecule has 0 radical (unpaired) electrons. The molecular formula is C12H21N3O3S. The van der Waals surface area contributed by atoms with Gasteiger partial charge >= 0.3 is 0 Å². The number of aliphatic hydroxyl groups excluding tert-OH is 1. The number of aryl methyl sites for hydroxylation is 1. The molecule has 0 aromatic carbocycles. The van der Waals surface area contributed by atoms with Gasteiger partial charge in [-0.05, 0) is 25.2 Å². The van der Waals surface area contributed by atoms with Crippen molar-refractivity contribution < 1.29 is 13.5 Å². The predicted octanol–water partition coefficient (Wildman–Crippen LogP) is 1.07. The zero-order valence-electron chi connectivity index (χ0n) is 11.4. The molecule has 0 saturated heterocycles. The van der Waals surface area contributed by atoms with E-state index >= 15 is 0 Å². The minimum Gasteiger partial charge on any atom is -0.392 e. The van der Waals surface area contributed by atoms with Gasteiger partial charge in [0, 0.05) is 17.8 Å². The third-order valence-corrected chi connectivity index (χ3v) is 5.32. The quantitative estimate of drug-likeness (QED) is 0.755. The molecule has 0 spiro atoms. The second-order valence-electron chi connectivity index (χ2n) is 5.63. The first-order valence-corrected chi connectivity index (χ1v) is 8.01. The minimum atomic E-state index is -3.66. The molecule has 1 aromatic rings. The molecule has 0 aliphatic heterocycles. The number of aromatic nitrogens is 2. The topological polar surface area (TPSA) is 95.1 Å². The molecule has 1 aliphatic carbocycles. The Hall–Kier alpha value is -0.920. The van der Waals surface area contributed by atoms with Crippen molar-refractivity contribution in [2.75, 3.05) is 6.54 Å². The van der Waals surface area contributed by atoms with E-state index in [4.69, 9.17) is 0 Å². The lowest BCUT2D eigenvalue weighted by Crippen LogP contribution is -2.34. The van der Waals surface area contributed by atoms with Gasteiger partial charge in [-0.3, -0.25) is 5.10 Å². The Kier molecular flexibility index (Phi) is 3.98. The van der Waals surface area contributed by atoms with E-state index in [2.05, 4.69) is 21.8 Å². The maximum atomic E-state index is 12.2. The first-order chi connectivity index (χ1) is 8.88. The fraction of sp³-hybridized carbons (Fsp3) is 0.750. The summed E-state index contributed by atoms with van der Waals surface area (Å²) < 4.78 is 27.1. The van der Waals surface area contributed by atoms with E-state index in [0.717, 1.165) is 25.7 Å². The molecule has 0 amide bonds. The highest BCUT2D eigenvalue weighted by molar-refractivity contribution is 7.89. The van der Waals surface area contributed by atoms with Gasteiger partial charge in [-0.15, -0.1) is 0 Å². The van der Waals surface area contributed by atoms with Crippen LogP contribution < -0.4 is 4.72 Å². The average molecular weight is 287 g/mol. The largest absolute Gasteiger partial charge is 0.392 e. The maximum absolute atomic E-state index is 12.2. The lowest BCUT2D eigenvalue weighted by Gasteiger charge is -2.23. The fourth-order valence-electron chi connectivity index (χ4n) is 2.58. The summed E-state index contributed by atoms with van der Waals surface area (Å²) in [6, 6.07) is 0. The first-order valence-electron chi connectivity index (χ1n) is 6.52. The molecule has 7 heteroatoms. The number of aliphatic hydroxyl groups is 1. The van der Waals surface area contributed by atoms with E-state index in [-0.39, 0.29) is 17.0 Å². The third-order valence-electron chi connectivity index (χ3n) is 3.95. The van der Waals surface area contributed by atoms with Crippen LogP contribution in [-0.4, -0.2) is 30.3 Å². The molecule has 19 heavy (non-hydrogen) atoms. The molecule has 2 rings (SSSR count). The van der Waals surface area contributed by atoms with Gasteiger partial charge in [-0.2, -0.15) is 5.10 Å². The molecular weight excluding hydrogens is 266 g/mol. The molecule has 0 atom stereocenters. The van der Waals surface area contributed by atoms with Crippen molar-refractivity contribution in [3.8, 4) is 0 Å². The number of nitrogens with zero attached hydrogens (tertiary/aromatic N) is 1. The monoisotopic (exact) mass is 287 g/mol. The fourth-order valence-corrected chi connectivity index (χ4v) is 3.96. The zero-order chi connectivity index (χ0) is 14.1. The van der Waals surface area contributed by atoms with Crippen molar-refractivity contribution >= 4 is 10.0 Å². The zero-order valence-corrected chi connectivity index (χ0v) is 12.2. The van der Waals surface area contributed by atoms with E-state index in [1.54, 1.807) is 6.92 Å². The summed E-state index contributed by atoms with van der Waals surface area (Å²) in [5, 5.41) is 15.5. The summed E-state index contributed by atoms with van der Waals surface area (Å²) in [5.41, 5.74) is 0.955. The Balaban J connectivity index is 2.14. The Morgan fingerprint density at radius 3 is 2.63 bits per heavy atom. The molecule has 6 nitrogen and oxygen atoms in total. The van der Waals surface area contributed by atoms with Gasteiger partial charge in [0.25, 0.3) is 10.0 Å². The second kappa shape index (κ2) is 5.22. The van der Waals surface area contributed by atoms with Crippen LogP contribution in [0.1, 0.15) is 43.9 Å². The Morgan fingerprint density at radius 2 is 2.05 bits per heavy atom. The van der Waals surface area contributed by atoms with Gasteiger partial charge in [-0.1, -0.05) is 19.8 Å². The summed E-state index contributed by atoms with van der Waals surface area (Å²) >= 11 is 0. The van der Waals surface area contributed by atoms with E-state index in [0.29, 0.717) is 17.8 Å². The highest BCUT2D eigenvalue weighted by Crippen LogP contribution is 2.37. The Morgan fingerprint density at radius 1 is 1.42 bits per heavy atom. The maximum Gasteiger partial charge on any atom is 0.260 e. The van der Waals surface area contributed by atoms with Crippen molar-refractivity contribution in [3.05, 3.63) is 11.3 Å². The van der Waals surface area contributed by atoms with Crippen molar-refractivity contribution in [2.45, 2.75) is 51.2 Å². The number of rotatable bonds is 5. The second-order valence-corrected chi connectivity index (χ2v) is 7.31. The summed E-state index contributed by atoms with van der Waals surface area (Å²) in [6.45, 7) is 3.88. The summed E-state index contributed by atoms with van der Waals surface area (Å²) in [5.74, 6) is 0. The van der Waals surface area contributed by atoms with Gasteiger partial charge in [0.15, 0.2) is 5.03 Å². The molecule has 1 aromatic heterocycles. The van der Waals surface area contributed by atoms with Gasteiger partial charge < -0.3 is 5.11 Å². The van der Waals surface area contributed by atoms with Gasteiger partial charge in [0.05, 0.1) is 6.61 Å². The number of hydrogen-bond acceptors (Lipinski definition) is 4. The Bertz CT molecular complexity index is 545. The van der Waals surface area contributed by atoms with Crippen molar-refractivity contribution in [2.24, 2.45) is 5.41 Å². The van der Waals surface area contributed by atoms with Gasteiger partial charge in [-0.25, -0.2) is 13.1 Å². The van der Waals surface area contributed by atoms with Crippen molar-refractivity contribution in [1.29, 1.82) is 0 Å². The summed E-state index contributed by atoms with van der Waals surface area (Å²) in [4.78, 5) is 0. The van der Waals surface area contributed by atoms with Crippen LogP contribution in [0.3, 0.4) is 0 Å². The molecule has 1 aliphatic rings. The number of aromatic amines is 1. The third kappa shape index (κ3) is 2.98. The first kappa shape index (κ1) is 14.5. The smallest absolute Gasteiger partial charge is 0.260 e.